The number of ketones is 1. The maximum Gasteiger partial charge on any atom is 0.159 e. The van der Waals surface area contributed by atoms with Crippen LogP contribution in [-0.4, -0.2) is 15.6 Å². The van der Waals surface area contributed by atoms with E-state index in [0.717, 1.165) is 5.56 Å². The number of hydrogen-bond acceptors (Lipinski definition) is 2. The largest absolute Gasteiger partial charge is 0.295 e. The van der Waals surface area contributed by atoms with Crippen LogP contribution in [0.1, 0.15) is 22.8 Å². The highest BCUT2D eigenvalue weighted by atomic mass is 19.1. The van der Waals surface area contributed by atoms with Crippen molar-refractivity contribution in [1.82, 2.24) is 9.78 Å². The van der Waals surface area contributed by atoms with Crippen LogP contribution < -0.4 is 0 Å². The molecule has 82 valence electrons. The monoisotopic (exact) mass is 218 g/mol. The van der Waals surface area contributed by atoms with E-state index in [0.29, 0.717) is 11.3 Å². The van der Waals surface area contributed by atoms with Gasteiger partial charge in [0.05, 0.1) is 6.20 Å². The highest BCUT2D eigenvalue weighted by Crippen LogP contribution is 2.15. The van der Waals surface area contributed by atoms with Gasteiger partial charge in [0.1, 0.15) is 11.5 Å². The molecule has 0 aliphatic heterocycles. The molecule has 3 nitrogen and oxygen atoms in total. The number of Topliss-reactive ketones (excluding diaryl/α,β-unsaturated/α-hetero) is 1. The number of hydrogen-bond donors (Lipinski definition) is 0. The third-order valence-electron chi connectivity index (χ3n) is 2.31. The lowest BCUT2D eigenvalue weighted by Crippen LogP contribution is -2.01. The van der Waals surface area contributed by atoms with Crippen molar-refractivity contribution in [3.63, 3.8) is 0 Å². The van der Waals surface area contributed by atoms with Crippen LogP contribution in [0.25, 0.3) is 5.69 Å². The second-order valence-electron chi connectivity index (χ2n) is 3.68. The predicted molar refractivity (Wildman–Crippen MR) is 58.3 cm³/mol. The number of halogens is 1. The van der Waals surface area contributed by atoms with Gasteiger partial charge in [0, 0.05) is 11.8 Å². The van der Waals surface area contributed by atoms with Crippen molar-refractivity contribution in [2.45, 2.75) is 13.8 Å². The zero-order chi connectivity index (χ0) is 11.7. The van der Waals surface area contributed by atoms with Gasteiger partial charge in [-0.15, -0.1) is 0 Å². The van der Waals surface area contributed by atoms with Gasteiger partial charge in [0.25, 0.3) is 0 Å². The normalized spacial score (nSPS) is 10.4. The molecule has 0 aliphatic carbocycles. The lowest BCUT2D eigenvalue weighted by molar-refractivity contribution is 0.101. The Kier molecular flexibility index (Phi) is 2.56. The number of aryl methyl sites for hydroxylation is 1. The van der Waals surface area contributed by atoms with E-state index in [1.54, 1.807) is 24.5 Å². The molecule has 0 saturated carbocycles. The molecule has 0 saturated heterocycles. The summed E-state index contributed by atoms with van der Waals surface area (Å²) >= 11 is 0. The van der Waals surface area contributed by atoms with Gasteiger partial charge in [-0.25, -0.2) is 9.07 Å². The SMILES string of the molecule is CC(=O)c1ccc(-n2cc(C)cn2)c(F)c1. The number of carbonyl (C=O) groups excluding carboxylic acids is 1. The molecule has 1 aromatic carbocycles. The molecule has 4 heteroatoms. The number of carbonyl (C=O) groups is 1. The Morgan fingerprint density at radius 2 is 2.19 bits per heavy atom. The van der Waals surface area contributed by atoms with Crippen LogP contribution in [0.4, 0.5) is 4.39 Å². The van der Waals surface area contributed by atoms with Crippen LogP contribution in [0.2, 0.25) is 0 Å². The van der Waals surface area contributed by atoms with Gasteiger partial charge in [-0.2, -0.15) is 5.10 Å². The van der Waals surface area contributed by atoms with Gasteiger partial charge >= 0.3 is 0 Å². The van der Waals surface area contributed by atoms with Crippen LogP contribution in [0, 0.1) is 12.7 Å². The molecule has 0 aliphatic rings. The Balaban J connectivity index is 2.47. The van der Waals surface area contributed by atoms with E-state index in [2.05, 4.69) is 5.10 Å². The fraction of sp³-hybridized carbons (Fsp3) is 0.167. The number of rotatable bonds is 2. The van der Waals surface area contributed by atoms with Gasteiger partial charge in [0.2, 0.25) is 0 Å². The van der Waals surface area contributed by atoms with Gasteiger partial charge in [-0.3, -0.25) is 4.79 Å². The van der Waals surface area contributed by atoms with Crippen molar-refractivity contribution in [1.29, 1.82) is 0 Å². The molecule has 0 bridgehead atoms. The molecule has 0 atom stereocenters. The summed E-state index contributed by atoms with van der Waals surface area (Å²) in [5.41, 5.74) is 1.67. The molecule has 0 unspecified atom stereocenters. The van der Waals surface area contributed by atoms with Crippen LogP contribution in [0.5, 0.6) is 0 Å². The van der Waals surface area contributed by atoms with Crippen molar-refractivity contribution < 1.29 is 9.18 Å². The van der Waals surface area contributed by atoms with Crippen molar-refractivity contribution >= 4 is 5.78 Å². The van der Waals surface area contributed by atoms with E-state index < -0.39 is 5.82 Å². The minimum Gasteiger partial charge on any atom is -0.295 e. The first kappa shape index (κ1) is 10.5. The van der Waals surface area contributed by atoms with Gasteiger partial charge in [-0.05, 0) is 37.6 Å². The van der Waals surface area contributed by atoms with Crippen molar-refractivity contribution in [2.24, 2.45) is 0 Å². The third-order valence-corrected chi connectivity index (χ3v) is 2.31. The molecule has 16 heavy (non-hydrogen) atoms. The topological polar surface area (TPSA) is 34.9 Å². The molecular formula is C12H11FN2O. The molecule has 0 spiro atoms. The summed E-state index contributed by atoms with van der Waals surface area (Å²) in [7, 11) is 0. The first-order valence-corrected chi connectivity index (χ1v) is 4.90. The molecule has 2 rings (SSSR count). The average molecular weight is 218 g/mol. The zero-order valence-electron chi connectivity index (χ0n) is 9.07. The average Bonchev–Trinajstić information content (AvgIpc) is 2.64. The van der Waals surface area contributed by atoms with Crippen LogP contribution in [0.3, 0.4) is 0 Å². The number of benzene rings is 1. The first-order valence-electron chi connectivity index (χ1n) is 4.90. The van der Waals surface area contributed by atoms with E-state index >= 15 is 0 Å². The van der Waals surface area contributed by atoms with E-state index in [-0.39, 0.29) is 5.78 Å². The maximum atomic E-state index is 13.7. The fourth-order valence-electron chi connectivity index (χ4n) is 1.46. The highest BCUT2D eigenvalue weighted by Gasteiger charge is 2.08. The van der Waals surface area contributed by atoms with E-state index in [1.165, 1.54) is 17.7 Å². The second kappa shape index (κ2) is 3.89. The molecular weight excluding hydrogens is 207 g/mol. The smallest absolute Gasteiger partial charge is 0.159 e. The molecule has 0 amide bonds. The first-order chi connectivity index (χ1) is 7.58. The maximum absolute atomic E-state index is 13.7. The molecule has 1 heterocycles. The molecule has 2 aromatic rings. The summed E-state index contributed by atoms with van der Waals surface area (Å²) in [5.74, 6) is -0.599. The quantitative estimate of drug-likeness (QED) is 0.726. The fourth-order valence-corrected chi connectivity index (χ4v) is 1.46. The summed E-state index contributed by atoms with van der Waals surface area (Å²) in [6, 6.07) is 4.38. The summed E-state index contributed by atoms with van der Waals surface area (Å²) in [4.78, 5) is 11.1. The summed E-state index contributed by atoms with van der Waals surface area (Å²) in [6.07, 6.45) is 3.38. The molecule has 0 fully saturated rings. The Bertz CT molecular complexity index is 546. The molecule has 0 radical (unpaired) electrons. The summed E-state index contributed by atoms with van der Waals surface area (Å²) in [6.45, 7) is 3.29. The van der Waals surface area contributed by atoms with Crippen LogP contribution in [-0.2, 0) is 0 Å². The minimum atomic E-state index is -0.448. The van der Waals surface area contributed by atoms with Gasteiger partial charge in [-0.1, -0.05) is 0 Å². The van der Waals surface area contributed by atoms with Crippen molar-refractivity contribution in [3.8, 4) is 5.69 Å². The van der Waals surface area contributed by atoms with E-state index in [4.69, 9.17) is 0 Å². The lowest BCUT2D eigenvalue weighted by atomic mass is 10.1. The van der Waals surface area contributed by atoms with Crippen LogP contribution >= 0.6 is 0 Å². The Labute approximate surface area is 92.5 Å². The van der Waals surface area contributed by atoms with E-state index in [1.807, 2.05) is 6.92 Å². The molecule has 1 aromatic heterocycles. The molecule has 0 N–H and O–H groups in total. The third kappa shape index (κ3) is 1.86. The second-order valence-corrected chi connectivity index (χ2v) is 3.68. The zero-order valence-corrected chi connectivity index (χ0v) is 9.07. The predicted octanol–water partition coefficient (Wildman–Crippen LogP) is 2.52. The van der Waals surface area contributed by atoms with E-state index in [9.17, 15) is 9.18 Å². The highest BCUT2D eigenvalue weighted by molar-refractivity contribution is 5.94. The Morgan fingerprint density at radius 3 is 2.69 bits per heavy atom. The van der Waals surface area contributed by atoms with Gasteiger partial charge in [0.15, 0.2) is 5.78 Å². The Hall–Kier alpha value is -1.97. The number of aromatic nitrogens is 2. The van der Waals surface area contributed by atoms with Crippen molar-refractivity contribution in [2.75, 3.05) is 0 Å². The summed E-state index contributed by atoms with van der Waals surface area (Å²) in [5, 5.41) is 4.01. The van der Waals surface area contributed by atoms with Crippen molar-refractivity contribution in [3.05, 3.63) is 47.5 Å². The standard InChI is InChI=1S/C12H11FN2O/c1-8-6-14-15(7-8)12-4-3-10(9(2)16)5-11(12)13/h3-7H,1-2H3. The Morgan fingerprint density at radius 1 is 1.44 bits per heavy atom. The van der Waals surface area contributed by atoms with Gasteiger partial charge < -0.3 is 0 Å². The lowest BCUT2D eigenvalue weighted by Gasteiger charge is -2.04. The minimum absolute atomic E-state index is 0.151. The van der Waals surface area contributed by atoms with Crippen LogP contribution in [0.15, 0.2) is 30.6 Å². The summed E-state index contributed by atoms with van der Waals surface area (Å²) < 4.78 is 15.1. The number of nitrogens with zero attached hydrogens (tertiary/aromatic N) is 2.